The fourth-order valence-corrected chi connectivity index (χ4v) is 5.44. The Hall–Kier alpha value is -1.44. The van der Waals surface area contributed by atoms with Crippen molar-refractivity contribution in [3.05, 3.63) is 24.3 Å². The topological polar surface area (TPSA) is 71.0 Å². The highest BCUT2D eigenvalue weighted by Crippen LogP contribution is 2.42. The zero-order chi connectivity index (χ0) is 20.7. The number of phenols is 1. The summed E-state index contributed by atoms with van der Waals surface area (Å²) < 4.78 is 13.9. The molecule has 162 valence electrons. The van der Waals surface area contributed by atoms with E-state index in [1.54, 1.807) is 24.1 Å². The first-order valence-corrected chi connectivity index (χ1v) is 11.5. The van der Waals surface area contributed by atoms with Crippen molar-refractivity contribution in [1.29, 1.82) is 0 Å². The molecule has 3 rings (SSSR count). The number of phenolic OH excluding ortho intramolecular Hbond substituents is 1. The summed E-state index contributed by atoms with van der Waals surface area (Å²) in [7, 11) is 0. The van der Waals surface area contributed by atoms with Crippen molar-refractivity contribution >= 4 is 18.0 Å². The highest BCUT2D eigenvalue weighted by molar-refractivity contribution is 7.97. The summed E-state index contributed by atoms with van der Waals surface area (Å²) >= 11 is 1.64. The average Bonchev–Trinajstić information content (AvgIpc) is 3.29. The van der Waals surface area contributed by atoms with E-state index in [1.807, 2.05) is 12.1 Å². The third-order valence-electron chi connectivity index (χ3n) is 5.51. The zero-order valence-corrected chi connectivity index (χ0v) is 18.4. The second-order valence-electron chi connectivity index (χ2n) is 8.45. The van der Waals surface area contributed by atoms with Crippen LogP contribution in [0.3, 0.4) is 0 Å². The summed E-state index contributed by atoms with van der Waals surface area (Å²) in [4.78, 5) is 13.3. The number of ether oxygens (including phenoxy) is 2. The van der Waals surface area contributed by atoms with E-state index in [4.69, 9.17) is 9.47 Å². The van der Waals surface area contributed by atoms with Gasteiger partial charge in [-0.2, -0.15) is 0 Å². The molecule has 0 bridgehead atoms. The van der Waals surface area contributed by atoms with E-state index < -0.39 is 0 Å². The monoisotopic (exact) mass is 422 g/mol. The minimum atomic E-state index is -0.331. The van der Waals surface area contributed by atoms with E-state index >= 15 is 0 Å². The van der Waals surface area contributed by atoms with Crippen LogP contribution < -0.4 is 5.32 Å². The van der Waals surface area contributed by atoms with Crippen LogP contribution in [0.2, 0.25) is 0 Å². The Morgan fingerprint density at radius 3 is 2.97 bits per heavy atom. The predicted octanol–water partition coefficient (Wildman–Crippen LogP) is 4.58. The normalized spacial score (nSPS) is 23.9. The van der Waals surface area contributed by atoms with Gasteiger partial charge >= 0.3 is 6.09 Å². The molecule has 2 atom stereocenters. The molecule has 2 fully saturated rings. The molecule has 29 heavy (non-hydrogen) atoms. The van der Waals surface area contributed by atoms with Crippen molar-refractivity contribution < 1.29 is 19.4 Å². The van der Waals surface area contributed by atoms with Crippen LogP contribution in [-0.2, 0) is 9.47 Å². The molecule has 1 aromatic rings. The first kappa shape index (κ1) is 22.2. The SMILES string of the molecule is CC(C)CN(CCCNC(=O)OC1CCCC12CCCO2)Sc1cccc(O)c1. The molecule has 0 aromatic heterocycles. The van der Waals surface area contributed by atoms with Crippen molar-refractivity contribution in [3.8, 4) is 5.75 Å². The van der Waals surface area contributed by atoms with Gasteiger partial charge in [0.2, 0.25) is 0 Å². The van der Waals surface area contributed by atoms with Gasteiger partial charge in [0.15, 0.2) is 0 Å². The van der Waals surface area contributed by atoms with Crippen LogP contribution >= 0.6 is 11.9 Å². The lowest BCUT2D eigenvalue weighted by atomic mass is 9.96. The van der Waals surface area contributed by atoms with E-state index in [1.165, 1.54) is 0 Å². The number of carbonyl (C=O) groups excluding carboxylic acids is 1. The Morgan fingerprint density at radius 2 is 2.24 bits per heavy atom. The van der Waals surface area contributed by atoms with E-state index in [9.17, 15) is 9.90 Å². The molecular weight excluding hydrogens is 388 g/mol. The number of aromatic hydroxyl groups is 1. The number of alkyl carbamates (subject to hydrolysis) is 1. The van der Waals surface area contributed by atoms with Gasteiger partial charge in [0.1, 0.15) is 17.5 Å². The van der Waals surface area contributed by atoms with Crippen LogP contribution in [0.5, 0.6) is 5.75 Å². The molecule has 1 heterocycles. The Labute approximate surface area is 178 Å². The summed E-state index contributed by atoms with van der Waals surface area (Å²) in [6, 6.07) is 7.30. The summed E-state index contributed by atoms with van der Waals surface area (Å²) in [6.45, 7) is 7.52. The Bertz CT molecular complexity index is 658. The van der Waals surface area contributed by atoms with Gasteiger partial charge < -0.3 is 19.9 Å². The number of benzene rings is 1. The second-order valence-corrected chi connectivity index (χ2v) is 9.62. The summed E-state index contributed by atoms with van der Waals surface area (Å²) in [5.74, 6) is 0.808. The molecule has 2 N–H and O–H groups in total. The number of hydrogen-bond donors (Lipinski definition) is 2. The van der Waals surface area contributed by atoms with Crippen LogP contribution in [0.1, 0.15) is 52.4 Å². The lowest BCUT2D eigenvalue weighted by molar-refractivity contribution is -0.0747. The number of nitrogens with one attached hydrogen (secondary N) is 1. The average molecular weight is 423 g/mol. The predicted molar refractivity (Wildman–Crippen MR) is 115 cm³/mol. The lowest BCUT2D eigenvalue weighted by Crippen LogP contribution is -2.42. The number of amides is 1. The van der Waals surface area contributed by atoms with Crippen LogP contribution in [-0.4, -0.2) is 53.5 Å². The molecular formula is C22H34N2O4S. The largest absolute Gasteiger partial charge is 0.508 e. The Morgan fingerprint density at radius 1 is 1.41 bits per heavy atom. The molecule has 1 saturated carbocycles. The van der Waals surface area contributed by atoms with Crippen LogP contribution in [0.25, 0.3) is 0 Å². The highest BCUT2D eigenvalue weighted by atomic mass is 32.2. The van der Waals surface area contributed by atoms with E-state index in [2.05, 4.69) is 23.5 Å². The van der Waals surface area contributed by atoms with Crippen LogP contribution in [0, 0.1) is 5.92 Å². The molecule has 1 aliphatic carbocycles. The maximum Gasteiger partial charge on any atom is 0.407 e. The quantitative estimate of drug-likeness (QED) is 0.448. The molecule has 7 heteroatoms. The van der Waals surface area contributed by atoms with Crippen LogP contribution in [0.15, 0.2) is 29.2 Å². The van der Waals surface area contributed by atoms with Gasteiger partial charge in [0, 0.05) is 31.1 Å². The van der Waals surface area contributed by atoms with Crippen molar-refractivity contribution in [2.45, 2.75) is 69.0 Å². The van der Waals surface area contributed by atoms with Gasteiger partial charge in [-0.3, -0.25) is 0 Å². The van der Waals surface area contributed by atoms with Gasteiger partial charge in [0.25, 0.3) is 0 Å². The highest BCUT2D eigenvalue weighted by Gasteiger charge is 2.48. The van der Waals surface area contributed by atoms with E-state index in [-0.39, 0.29) is 23.5 Å². The third-order valence-corrected chi connectivity index (χ3v) is 6.57. The molecule has 6 nitrogen and oxygen atoms in total. The number of carbonyl (C=O) groups is 1. The molecule has 1 amide bonds. The number of hydrogen-bond acceptors (Lipinski definition) is 6. The summed E-state index contributed by atoms with van der Waals surface area (Å²) in [5, 5.41) is 12.6. The molecule has 1 spiro atoms. The molecule has 2 unspecified atom stereocenters. The number of rotatable bonds is 9. The van der Waals surface area contributed by atoms with Gasteiger partial charge in [-0.05, 0) is 74.6 Å². The van der Waals surface area contributed by atoms with Crippen molar-refractivity contribution in [3.63, 3.8) is 0 Å². The number of nitrogens with zero attached hydrogens (tertiary/aromatic N) is 1. The third kappa shape index (κ3) is 6.52. The summed E-state index contributed by atoms with van der Waals surface area (Å²) in [5.41, 5.74) is -0.219. The summed E-state index contributed by atoms with van der Waals surface area (Å²) in [6.07, 6.45) is 5.42. The van der Waals surface area contributed by atoms with Crippen LogP contribution in [0.4, 0.5) is 4.79 Å². The van der Waals surface area contributed by atoms with Gasteiger partial charge in [-0.1, -0.05) is 19.9 Å². The molecule has 1 aliphatic heterocycles. The fraction of sp³-hybridized carbons (Fsp3) is 0.682. The maximum absolute atomic E-state index is 12.3. The van der Waals surface area contributed by atoms with Gasteiger partial charge in [0.05, 0.1) is 0 Å². The molecule has 2 aliphatic rings. The Balaban J connectivity index is 1.40. The van der Waals surface area contributed by atoms with Crippen molar-refractivity contribution in [2.75, 3.05) is 26.2 Å². The van der Waals surface area contributed by atoms with Crippen molar-refractivity contribution in [2.24, 2.45) is 5.92 Å². The molecule has 0 radical (unpaired) electrons. The minimum Gasteiger partial charge on any atom is -0.508 e. The Kier molecular flexibility index (Phi) is 8.09. The first-order valence-electron chi connectivity index (χ1n) is 10.8. The van der Waals surface area contributed by atoms with Gasteiger partial charge in [-0.25, -0.2) is 9.10 Å². The molecule has 1 saturated heterocycles. The smallest absolute Gasteiger partial charge is 0.407 e. The van der Waals surface area contributed by atoms with Crippen molar-refractivity contribution in [1.82, 2.24) is 9.62 Å². The minimum absolute atomic E-state index is 0.108. The zero-order valence-electron chi connectivity index (χ0n) is 17.6. The standard InChI is InChI=1S/C22H34N2O4S/c1-17(2)16-24(29-19-8-3-7-18(25)15-19)13-6-12-23-21(26)28-20-9-4-10-22(20)11-5-14-27-22/h3,7-8,15,17,20,25H,4-6,9-14,16H2,1-2H3,(H,23,26). The molecule has 1 aromatic carbocycles. The fourth-order valence-electron chi connectivity index (χ4n) is 4.23. The first-order chi connectivity index (χ1) is 14.0. The van der Waals surface area contributed by atoms with E-state index in [0.29, 0.717) is 12.5 Å². The van der Waals surface area contributed by atoms with E-state index in [0.717, 1.165) is 63.1 Å². The maximum atomic E-state index is 12.3. The second kappa shape index (κ2) is 10.5. The van der Waals surface area contributed by atoms with Gasteiger partial charge in [-0.15, -0.1) is 0 Å². The lowest BCUT2D eigenvalue weighted by Gasteiger charge is -2.29.